The van der Waals surface area contributed by atoms with Crippen LogP contribution in [-0.4, -0.2) is 50.3 Å². The van der Waals surface area contributed by atoms with Crippen molar-refractivity contribution >= 4 is 27.5 Å². The second-order valence-electron chi connectivity index (χ2n) is 9.48. The number of benzene rings is 3. The van der Waals surface area contributed by atoms with Crippen molar-refractivity contribution in [2.75, 3.05) is 17.4 Å². The smallest absolute Gasteiger partial charge is 0.264 e. The average molecular weight is 536 g/mol. The summed E-state index contributed by atoms with van der Waals surface area (Å²) in [6.07, 6.45) is 1.29. The van der Waals surface area contributed by atoms with Crippen LogP contribution in [0.1, 0.15) is 38.3 Å². The molecule has 3 aromatic rings. The number of nitrogens with one attached hydrogen (secondary N) is 1. The van der Waals surface area contributed by atoms with Crippen LogP contribution < -0.4 is 9.62 Å². The predicted molar refractivity (Wildman–Crippen MR) is 151 cm³/mol. The van der Waals surface area contributed by atoms with Crippen LogP contribution in [0.5, 0.6) is 0 Å². The zero-order valence-corrected chi connectivity index (χ0v) is 23.3. The van der Waals surface area contributed by atoms with Gasteiger partial charge in [-0.15, -0.1) is 0 Å². The van der Waals surface area contributed by atoms with Gasteiger partial charge in [-0.2, -0.15) is 0 Å². The molecule has 0 heterocycles. The predicted octanol–water partition coefficient (Wildman–Crippen LogP) is 4.56. The monoisotopic (exact) mass is 535 g/mol. The van der Waals surface area contributed by atoms with E-state index >= 15 is 0 Å². The molecule has 0 spiro atoms. The van der Waals surface area contributed by atoms with Crippen molar-refractivity contribution in [3.63, 3.8) is 0 Å². The van der Waals surface area contributed by atoms with Gasteiger partial charge in [0.25, 0.3) is 10.0 Å². The van der Waals surface area contributed by atoms with E-state index in [1.165, 1.54) is 4.90 Å². The first-order valence-electron chi connectivity index (χ1n) is 12.9. The molecule has 3 rings (SSSR count). The van der Waals surface area contributed by atoms with E-state index in [-0.39, 0.29) is 23.4 Å². The topological polar surface area (TPSA) is 86.8 Å². The number of carbonyl (C=O) groups is 2. The number of sulfonamides is 1. The third-order valence-electron chi connectivity index (χ3n) is 6.58. The highest BCUT2D eigenvalue weighted by molar-refractivity contribution is 7.92. The molecule has 2 amide bonds. The summed E-state index contributed by atoms with van der Waals surface area (Å²) >= 11 is 0. The molecule has 0 saturated carbocycles. The Hall–Kier alpha value is -3.65. The minimum Gasteiger partial charge on any atom is -0.352 e. The lowest BCUT2D eigenvalue weighted by Crippen LogP contribution is -2.53. The Morgan fingerprint density at radius 3 is 2.03 bits per heavy atom. The highest BCUT2D eigenvalue weighted by atomic mass is 32.2. The van der Waals surface area contributed by atoms with E-state index in [1.807, 2.05) is 51.1 Å². The van der Waals surface area contributed by atoms with Gasteiger partial charge in [0.1, 0.15) is 12.6 Å². The molecule has 0 saturated heterocycles. The Bertz CT molecular complexity index is 1300. The van der Waals surface area contributed by atoms with Crippen LogP contribution in [0.3, 0.4) is 0 Å². The van der Waals surface area contributed by atoms with Crippen LogP contribution in [0.2, 0.25) is 0 Å². The summed E-state index contributed by atoms with van der Waals surface area (Å²) in [5, 5.41) is 2.94. The third kappa shape index (κ3) is 7.44. The van der Waals surface area contributed by atoms with Crippen LogP contribution >= 0.6 is 0 Å². The molecule has 0 fully saturated rings. The largest absolute Gasteiger partial charge is 0.352 e. The zero-order chi connectivity index (χ0) is 27.7. The molecule has 0 aromatic heterocycles. The number of amides is 2. The quantitative estimate of drug-likeness (QED) is 0.368. The van der Waals surface area contributed by atoms with Gasteiger partial charge < -0.3 is 10.2 Å². The van der Waals surface area contributed by atoms with E-state index in [9.17, 15) is 18.0 Å². The average Bonchev–Trinajstić information content (AvgIpc) is 2.92. The van der Waals surface area contributed by atoms with E-state index in [4.69, 9.17) is 0 Å². The van der Waals surface area contributed by atoms with Crippen molar-refractivity contribution < 1.29 is 18.0 Å². The van der Waals surface area contributed by atoms with E-state index in [0.717, 1.165) is 21.9 Å². The molecule has 2 atom stereocenters. The molecule has 38 heavy (non-hydrogen) atoms. The number of aryl methyl sites for hydroxylation is 1. The van der Waals surface area contributed by atoms with Crippen LogP contribution in [0.25, 0.3) is 0 Å². The first-order chi connectivity index (χ1) is 18.1. The van der Waals surface area contributed by atoms with Gasteiger partial charge in [-0.1, -0.05) is 73.2 Å². The Labute approximate surface area is 226 Å². The fraction of sp³-hybridized carbons (Fsp3) is 0.333. The Morgan fingerprint density at radius 2 is 1.45 bits per heavy atom. The summed E-state index contributed by atoms with van der Waals surface area (Å²) in [4.78, 5) is 28.4. The summed E-state index contributed by atoms with van der Waals surface area (Å²) in [7, 11) is -4.05. The SMILES string of the molecule is CCC(C)NC(=O)C(C)N(CCc1ccccc1)C(=O)CN(c1ccccc1)S(=O)(=O)c1ccc(C)cc1. The first-order valence-corrected chi connectivity index (χ1v) is 14.4. The Kier molecular flexibility index (Phi) is 10.1. The zero-order valence-electron chi connectivity index (χ0n) is 22.5. The Morgan fingerprint density at radius 1 is 0.868 bits per heavy atom. The van der Waals surface area contributed by atoms with Crippen LogP contribution in [0.15, 0.2) is 89.8 Å². The number of hydrogen-bond acceptors (Lipinski definition) is 4. The number of carbonyl (C=O) groups excluding carboxylic acids is 2. The molecule has 0 aliphatic carbocycles. The van der Waals surface area contributed by atoms with Gasteiger partial charge in [0, 0.05) is 12.6 Å². The maximum Gasteiger partial charge on any atom is 0.264 e. The second-order valence-corrected chi connectivity index (χ2v) is 11.3. The molecule has 8 heteroatoms. The summed E-state index contributed by atoms with van der Waals surface area (Å²) in [5.41, 5.74) is 2.33. The van der Waals surface area contributed by atoms with Crippen molar-refractivity contribution in [3.8, 4) is 0 Å². The molecule has 1 N–H and O–H groups in total. The van der Waals surface area contributed by atoms with Gasteiger partial charge in [0.2, 0.25) is 11.8 Å². The van der Waals surface area contributed by atoms with E-state index in [0.29, 0.717) is 12.1 Å². The second kappa shape index (κ2) is 13.2. The lowest BCUT2D eigenvalue weighted by atomic mass is 10.1. The third-order valence-corrected chi connectivity index (χ3v) is 8.37. The lowest BCUT2D eigenvalue weighted by Gasteiger charge is -2.32. The molecule has 0 aliphatic heterocycles. The number of rotatable bonds is 12. The van der Waals surface area contributed by atoms with Gasteiger partial charge in [0.05, 0.1) is 10.6 Å². The molecule has 0 aliphatic rings. The lowest BCUT2D eigenvalue weighted by molar-refractivity contribution is -0.139. The molecule has 0 bridgehead atoms. The maximum absolute atomic E-state index is 13.8. The van der Waals surface area contributed by atoms with Crippen molar-refractivity contribution in [2.24, 2.45) is 0 Å². The Balaban J connectivity index is 1.94. The highest BCUT2D eigenvalue weighted by Gasteiger charge is 2.32. The summed E-state index contributed by atoms with van der Waals surface area (Å²) in [5.74, 6) is -0.722. The van der Waals surface area contributed by atoms with Crippen LogP contribution in [0, 0.1) is 6.92 Å². The molecule has 7 nitrogen and oxygen atoms in total. The van der Waals surface area contributed by atoms with Gasteiger partial charge in [0.15, 0.2) is 0 Å². The summed E-state index contributed by atoms with van der Waals surface area (Å²) in [6.45, 7) is 7.28. The van der Waals surface area contributed by atoms with E-state index in [2.05, 4.69) is 5.32 Å². The van der Waals surface area contributed by atoms with Gasteiger partial charge in [-0.25, -0.2) is 8.42 Å². The van der Waals surface area contributed by atoms with Gasteiger partial charge in [-0.05, 0) is 63.4 Å². The maximum atomic E-state index is 13.8. The van der Waals surface area contributed by atoms with E-state index in [1.54, 1.807) is 61.5 Å². The molecule has 0 radical (unpaired) electrons. The number of anilines is 1. The summed E-state index contributed by atoms with van der Waals surface area (Å²) in [6, 6.07) is 24.0. The first kappa shape index (κ1) is 28.9. The fourth-order valence-electron chi connectivity index (χ4n) is 4.00. The van der Waals surface area contributed by atoms with Crippen molar-refractivity contribution in [2.45, 2.75) is 57.5 Å². The van der Waals surface area contributed by atoms with Crippen molar-refractivity contribution in [1.82, 2.24) is 10.2 Å². The molecular weight excluding hydrogens is 498 g/mol. The molecular formula is C30H37N3O4S. The van der Waals surface area contributed by atoms with Crippen LogP contribution in [0.4, 0.5) is 5.69 Å². The van der Waals surface area contributed by atoms with Crippen LogP contribution in [-0.2, 0) is 26.0 Å². The van der Waals surface area contributed by atoms with E-state index < -0.39 is 28.5 Å². The number of nitrogens with zero attached hydrogens (tertiary/aromatic N) is 2. The van der Waals surface area contributed by atoms with Gasteiger partial charge in [-0.3, -0.25) is 13.9 Å². The molecule has 202 valence electrons. The molecule has 3 aromatic carbocycles. The van der Waals surface area contributed by atoms with Crippen molar-refractivity contribution in [1.29, 1.82) is 0 Å². The number of para-hydroxylation sites is 1. The minimum absolute atomic E-state index is 0.0428. The molecule has 2 unspecified atom stereocenters. The normalized spacial score (nSPS) is 12.8. The highest BCUT2D eigenvalue weighted by Crippen LogP contribution is 2.24. The summed E-state index contributed by atoms with van der Waals surface area (Å²) < 4.78 is 28.6. The number of hydrogen-bond donors (Lipinski definition) is 1. The fourth-order valence-corrected chi connectivity index (χ4v) is 5.41. The van der Waals surface area contributed by atoms with Gasteiger partial charge >= 0.3 is 0 Å². The van der Waals surface area contributed by atoms with Crippen molar-refractivity contribution in [3.05, 3.63) is 96.1 Å². The minimum atomic E-state index is -4.05. The standard InChI is InChI=1S/C30H37N3O4S/c1-5-24(3)31-30(35)25(4)32(21-20-26-12-8-6-9-13-26)29(34)22-33(27-14-10-7-11-15-27)38(36,37)28-18-16-23(2)17-19-28/h6-19,24-25H,5,20-22H2,1-4H3,(H,31,35).